The zero-order valence-corrected chi connectivity index (χ0v) is 4.89. The van der Waals surface area contributed by atoms with Crippen molar-refractivity contribution in [2.75, 3.05) is 12.5 Å². The Morgan fingerprint density at radius 3 is 2.00 bits per heavy atom. The lowest BCUT2D eigenvalue weighted by Gasteiger charge is -2.12. The molecule has 4 nitrogen and oxygen atoms in total. The summed E-state index contributed by atoms with van der Waals surface area (Å²) in [7, 11) is 0. The van der Waals surface area contributed by atoms with Gasteiger partial charge >= 0.3 is 0 Å². The fourth-order valence-corrected chi connectivity index (χ4v) is 0.309. The van der Waals surface area contributed by atoms with E-state index in [1.54, 1.807) is 0 Å². The van der Waals surface area contributed by atoms with Gasteiger partial charge in [0, 0.05) is 0 Å². The van der Waals surface area contributed by atoms with Gasteiger partial charge in [-0.05, 0) is 0 Å². The summed E-state index contributed by atoms with van der Waals surface area (Å²) in [4.78, 5) is 0. The topological polar surface area (TPSA) is 72.7 Å². The smallest absolute Gasteiger partial charge is 0.288 e. The summed E-state index contributed by atoms with van der Waals surface area (Å²) in [5.74, 6) is -2.64. The van der Waals surface area contributed by atoms with E-state index in [0.29, 0.717) is 0 Å². The molecule has 0 aliphatic heterocycles. The minimum atomic E-state index is -2.64. The highest BCUT2D eigenvalue weighted by Crippen LogP contribution is 1.86. The second-order valence-electron chi connectivity index (χ2n) is 1.33. The SMILES string of the molecule is OC(O)(O)CNCCl. The van der Waals surface area contributed by atoms with E-state index in [2.05, 4.69) is 5.32 Å². The molecule has 8 heavy (non-hydrogen) atoms. The van der Waals surface area contributed by atoms with E-state index in [9.17, 15) is 0 Å². The molecule has 0 fully saturated rings. The minimum Gasteiger partial charge on any atom is -0.343 e. The van der Waals surface area contributed by atoms with E-state index in [4.69, 9.17) is 26.9 Å². The highest BCUT2D eigenvalue weighted by atomic mass is 35.5. The minimum absolute atomic E-state index is 0.0728. The Labute approximate surface area is 51.7 Å². The lowest BCUT2D eigenvalue weighted by molar-refractivity contribution is -0.305. The zero-order valence-electron chi connectivity index (χ0n) is 4.13. The Balaban J connectivity index is 3.11. The van der Waals surface area contributed by atoms with E-state index < -0.39 is 5.97 Å². The van der Waals surface area contributed by atoms with Gasteiger partial charge in [-0.25, -0.2) is 0 Å². The second-order valence-corrected chi connectivity index (χ2v) is 1.60. The first-order valence-electron chi connectivity index (χ1n) is 2.00. The van der Waals surface area contributed by atoms with Crippen LogP contribution in [-0.2, 0) is 0 Å². The summed E-state index contributed by atoms with van der Waals surface area (Å²) < 4.78 is 0. The summed E-state index contributed by atoms with van der Waals surface area (Å²) in [5.41, 5.74) is 0. The van der Waals surface area contributed by atoms with Crippen molar-refractivity contribution < 1.29 is 15.3 Å². The Bertz CT molecular complexity index is 62.0. The molecule has 0 unspecified atom stereocenters. The van der Waals surface area contributed by atoms with E-state index in [-0.39, 0.29) is 12.5 Å². The average molecular weight is 142 g/mol. The van der Waals surface area contributed by atoms with Gasteiger partial charge in [-0.15, -0.1) is 11.6 Å². The summed E-state index contributed by atoms with van der Waals surface area (Å²) >= 11 is 5.06. The van der Waals surface area contributed by atoms with Gasteiger partial charge < -0.3 is 15.3 Å². The molecule has 4 N–H and O–H groups in total. The molecule has 5 heteroatoms. The van der Waals surface area contributed by atoms with Crippen LogP contribution in [0.3, 0.4) is 0 Å². The third-order valence-electron chi connectivity index (χ3n) is 0.457. The second kappa shape index (κ2) is 3.21. The van der Waals surface area contributed by atoms with Crippen LogP contribution in [0.15, 0.2) is 0 Å². The molecule has 0 saturated heterocycles. The number of hydrogen-bond donors (Lipinski definition) is 4. The molecule has 0 bridgehead atoms. The highest BCUT2D eigenvalue weighted by Gasteiger charge is 2.15. The van der Waals surface area contributed by atoms with Gasteiger partial charge in [0.15, 0.2) is 0 Å². The van der Waals surface area contributed by atoms with E-state index in [1.807, 2.05) is 0 Å². The van der Waals surface area contributed by atoms with Crippen molar-refractivity contribution in [3.63, 3.8) is 0 Å². The Morgan fingerprint density at radius 1 is 1.38 bits per heavy atom. The molecule has 0 radical (unpaired) electrons. The van der Waals surface area contributed by atoms with E-state index >= 15 is 0 Å². The van der Waals surface area contributed by atoms with Gasteiger partial charge in [0.1, 0.15) is 0 Å². The number of rotatable bonds is 3. The molecule has 0 aromatic carbocycles. The van der Waals surface area contributed by atoms with Gasteiger partial charge in [0.25, 0.3) is 5.97 Å². The van der Waals surface area contributed by atoms with E-state index in [1.165, 1.54) is 0 Å². The average Bonchev–Trinajstić information content (AvgIpc) is 1.59. The van der Waals surface area contributed by atoms with Gasteiger partial charge in [-0.3, -0.25) is 5.32 Å². The van der Waals surface area contributed by atoms with Crippen LogP contribution < -0.4 is 5.32 Å². The maximum absolute atomic E-state index is 8.14. The number of hydrogen-bond acceptors (Lipinski definition) is 4. The Kier molecular flexibility index (Phi) is 3.27. The first kappa shape index (κ1) is 8.13. The molecule has 0 aliphatic rings. The lowest BCUT2D eigenvalue weighted by Crippen LogP contribution is -2.39. The first-order chi connectivity index (χ1) is 3.56. The van der Waals surface area contributed by atoms with Gasteiger partial charge in [0.05, 0.1) is 12.5 Å². The first-order valence-corrected chi connectivity index (χ1v) is 2.53. The standard InChI is InChI=1S/C3H8ClNO3/c4-2-5-1-3(6,7)8/h5-8H,1-2H2. The molecule has 0 aliphatic carbocycles. The summed E-state index contributed by atoms with van der Waals surface area (Å²) in [6, 6.07) is 0.0728. The van der Waals surface area contributed by atoms with Crippen LogP contribution >= 0.6 is 11.6 Å². The summed E-state index contributed by atoms with van der Waals surface area (Å²) in [6.45, 7) is -0.351. The fraction of sp³-hybridized carbons (Fsp3) is 1.00. The van der Waals surface area contributed by atoms with Crippen LogP contribution in [0.2, 0.25) is 0 Å². The number of alkyl halides is 1. The van der Waals surface area contributed by atoms with Crippen molar-refractivity contribution >= 4 is 11.6 Å². The largest absolute Gasteiger partial charge is 0.343 e. The quantitative estimate of drug-likeness (QED) is 0.217. The summed E-state index contributed by atoms with van der Waals surface area (Å²) in [5, 5.41) is 26.7. The molecule has 0 rings (SSSR count). The molecule has 0 saturated carbocycles. The zero-order chi connectivity index (χ0) is 6.62. The van der Waals surface area contributed by atoms with Gasteiger partial charge in [0.2, 0.25) is 0 Å². The Hall–Kier alpha value is 0.130. The molecule has 0 spiro atoms. The fourth-order valence-electron chi connectivity index (χ4n) is 0.215. The molecule has 0 heterocycles. The number of nitrogens with one attached hydrogen (secondary N) is 1. The predicted molar refractivity (Wildman–Crippen MR) is 28.1 cm³/mol. The maximum atomic E-state index is 8.14. The van der Waals surface area contributed by atoms with Crippen LogP contribution in [0.4, 0.5) is 0 Å². The molecule has 0 aromatic heterocycles. The summed E-state index contributed by atoms with van der Waals surface area (Å²) in [6.07, 6.45) is 0. The molecule has 0 atom stereocenters. The van der Waals surface area contributed by atoms with Crippen molar-refractivity contribution in [1.29, 1.82) is 0 Å². The van der Waals surface area contributed by atoms with Crippen molar-refractivity contribution in [2.45, 2.75) is 5.97 Å². The van der Waals surface area contributed by atoms with Crippen molar-refractivity contribution in [2.24, 2.45) is 0 Å². The molecular formula is C3H8ClNO3. The van der Waals surface area contributed by atoms with Gasteiger partial charge in [-0.1, -0.05) is 0 Å². The van der Waals surface area contributed by atoms with Crippen molar-refractivity contribution in [1.82, 2.24) is 5.32 Å². The van der Waals surface area contributed by atoms with E-state index in [0.717, 1.165) is 0 Å². The van der Waals surface area contributed by atoms with Crippen LogP contribution in [0.25, 0.3) is 0 Å². The predicted octanol–water partition coefficient (Wildman–Crippen LogP) is -1.60. The van der Waals surface area contributed by atoms with Gasteiger partial charge in [-0.2, -0.15) is 0 Å². The maximum Gasteiger partial charge on any atom is 0.288 e. The third kappa shape index (κ3) is 6.13. The normalized spacial score (nSPS) is 12.0. The third-order valence-corrected chi connectivity index (χ3v) is 0.646. The molecule has 50 valence electrons. The molecular weight excluding hydrogens is 133 g/mol. The highest BCUT2D eigenvalue weighted by molar-refractivity contribution is 6.17. The lowest BCUT2D eigenvalue weighted by atomic mass is 10.6. The Morgan fingerprint density at radius 2 is 1.88 bits per heavy atom. The number of aliphatic hydroxyl groups is 3. The van der Waals surface area contributed by atoms with Crippen LogP contribution in [0.1, 0.15) is 0 Å². The van der Waals surface area contributed by atoms with Crippen LogP contribution in [0.5, 0.6) is 0 Å². The monoisotopic (exact) mass is 141 g/mol. The van der Waals surface area contributed by atoms with Crippen LogP contribution in [0, 0.1) is 0 Å². The number of halogens is 1. The van der Waals surface area contributed by atoms with Crippen molar-refractivity contribution in [3.05, 3.63) is 0 Å². The van der Waals surface area contributed by atoms with Crippen molar-refractivity contribution in [3.8, 4) is 0 Å². The molecule has 0 amide bonds. The molecule has 0 aromatic rings. The van der Waals surface area contributed by atoms with Crippen LogP contribution in [-0.4, -0.2) is 33.8 Å².